The summed E-state index contributed by atoms with van der Waals surface area (Å²) in [5.41, 5.74) is 0.842. The molecule has 1 aromatic heterocycles. The summed E-state index contributed by atoms with van der Waals surface area (Å²) in [5, 5.41) is 3.74. The molecule has 0 fully saturated rings. The Hall–Kier alpha value is -0.870. The molecule has 0 spiro atoms. The van der Waals surface area contributed by atoms with Gasteiger partial charge >= 0.3 is 0 Å². The van der Waals surface area contributed by atoms with Crippen LogP contribution in [0.1, 0.15) is 5.76 Å². The van der Waals surface area contributed by atoms with Crippen LogP contribution >= 0.6 is 27.5 Å². The Bertz CT molecular complexity index is 486. The molecule has 0 N–H and O–H groups in total. The van der Waals surface area contributed by atoms with Crippen molar-refractivity contribution in [3.05, 3.63) is 40.3 Å². The number of halogens is 3. The molecule has 5 heteroatoms. The summed E-state index contributed by atoms with van der Waals surface area (Å²) in [4.78, 5) is 0. The maximum Gasteiger partial charge on any atom is 0.152 e. The molecule has 1 heterocycles. The van der Waals surface area contributed by atoms with E-state index in [0.29, 0.717) is 17.0 Å². The van der Waals surface area contributed by atoms with Crippen LogP contribution in [0.2, 0.25) is 0 Å². The van der Waals surface area contributed by atoms with E-state index in [1.165, 1.54) is 6.07 Å². The third kappa shape index (κ3) is 2.21. The molecule has 0 aliphatic heterocycles. The molecule has 15 heavy (non-hydrogen) atoms. The standard InChI is InChI=1S/C10H6BrClFNO/c11-6-1-2-9(13)8(3-6)10-4-7(5-12)15-14-10/h1-4H,5H2. The molecular formula is C10H6BrClFNO. The van der Waals surface area contributed by atoms with Gasteiger partial charge in [0.25, 0.3) is 0 Å². The SMILES string of the molecule is Fc1ccc(Br)cc1-c1cc(CCl)on1. The fourth-order valence-corrected chi connectivity index (χ4v) is 1.68. The molecule has 1 aromatic carbocycles. The van der Waals surface area contributed by atoms with Gasteiger partial charge in [0, 0.05) is 16.1 Å². The number of hydrogen-bond acceptors (Lipinski definition) is 2. The van der Waals surface area contributed by atoms with Gasteiger partial charge in [0.05, 0.1) is 5.88 Å². The van der Waals surface area contributed by atoms with Gasteiger partial charge in [-0.25, -0.2) is 4.39 Å². The summed E-state index contributed by atoms with van der Waals surface area (Å²) >= 11 is 8.83. The summed E-state index contributed by atoms with van der Waals surface area (Å²) < 4.78 is 19.1. The van der Waals surface area contributed by atoms with Crippen LogP contribution in [0.25, 0.3) is 11.3 Å². The van der Waals surface area contributed by atoms with E-state index in [-0.39, 0.29) is 11.7 Å². The smallest absolute Gasteiger partial charge is 0.152 e. The van der Waals surface area contributed by atoms with Gasteiger partial charge in [0.15, 0.2) is 5.76 Å². The van der Waals surface area contributed by atoms with Gasteiger partial charge < -0.3 is 4.52 Å². The van der Waals surface area contributed by atoms with Crippen LogP contribution in [-0.2, 0) is 5.88 Å². The number of nitrogens with zero attached hydrogens (tertiary/aromatic N) is 1. The Morgan fingerprint density at radius 3 is 2.87 bits per heavy atom. The maximum atomic E-state index is 13.4. The minimum absolute atomic E-state index is 0.225. The van der Waals surface area contributed by atoms with E-state index in [1.54, 1.807) is 18.2 Å². The maximum absolute atomic E-state index is 13.4. The van der Waals surface area contributed by atoms with Crippen molar-refractivity contribution in [1.82, 2.24) is 5.16 Å². The van der Waals surface area contributed by atoms with Gasteiger partial charge in [-0.3, -0.25) is 0 Å². The van der Waals surface area contributed by atoms with E-state index in [9.17, 15) is 4.39 Å². The van der Waals surface area contributed by atoms with Crippen LogP contribution in [-0.4, -0.2) is 5.16 Å². The molecule has 0 unspecified atom stereocenters. The van der Waals surface area contributed by atoms with Crippen LogP contribution in [0.3, 0.4) is 0 Å². The van der Waals surface area contributed by atoms with E-state index in [1.807, 2.05) is 0 Å². The Morgan fingerprint density at radius 1 is 1.40 bits per heavy atom. The number of rotatable bonds is 2. The summed E-state index contributed by atoms with van der Waals surface area (Å²) in [6.07, 6.45) is 0. The lowest BCUT2D eigenvalue weighted by Gasteiger charge is -1.98. The average Bonchev–Trinajstić information content (AvgIpc) is 2.70. The van der Waals surface area contributed by atoms with Crippen molar-refractivity contribution in [2.45, 2.75) is 5.88 Å². The van der Waals surface area contributed by atoms with Crippen molar-refractivity contribution >= 4 is 27.5 Å². The molecule has 0 aliphatic carbocycles. The molecule has 0 saturated heterocycles. The highest BCUT2D eigenvalue weighted by molar-refractivity contribution is 9.10. The van der Waals surface area contributed by atoms with E-state index in [2.05, 4.69) is 21.1 Å². The Labute approximate surface area is 99.2 Å². The minimum atomic E-state index is -0.340. The fourth-order valence-electron chi connectivity index (χ4n) is 1.20. The first-order chi connectivity index (χ1) is 7.20. The number of aromatic nitrogens is 1. The van der Waals surface area contributed by atoms with E-state index in [4.69, 9.17) is 16.1 Å². The average molecular weight is 291 g/mol. The third-order valence-corrected chi connectivity index (χ3v) is 2.65. The number of alkyl halides is 1. The van der Waals surface area contributed by atoms with Crippen molar-refractivity contribution < 1.29 is 8.91 Å². The van der Waals surface area contributed by atoms with Crippen LogP contribution < -0.4 is 0 Å². The summed E-state index contributed by atoms with van der Waals surface area (Å²) in [6.45, 7) is 0. The predicted molar refractivity (Wildman–Crippen MR) is 59.2 cm³/mol. The van der Waals surface area contributed by atoms with Crippen LogP contribution in [0, 0.1) is 5.82 Å². The predicted octanol–water partition coefficient (Wildman–Crippen LogP) is 3.98. The second-order valence-corrected chi connectivity index (χ2v) is 4.12. The molecule has 0 amide bonds. The zero-order valence-electron chi connectivity index (χ0n) is 7.51. The topological polar surface area (TPSA) is 26.0 Å². The van der Waals surface area contributed by atoms with Gasteiger partial charge in [-0.1, -0.05) is 21.1 Å². The van der Waals surface area contributed by atoms with Gasteiger partial charge in [-0.2, -0.15) is 0 Å². The van der Waals surface area contributed by atoms with Gasteiger partial charge in [0.1, 0.15) is 11.5 Å². The van der Waals surface area contributed by atoms with Gasteiger partial charge in [0.2, 0.25) is 0 Å². The van der Waals surface area contributed by atoms with Crippen molar-refractivity contribution in [3.63, 3.8) is 0 Å². The van der Waals surface area contributed by atoms with Crippen LogP contribution in [0.4, 0.5) is 4.39 Å². The van der Waals surface area contributed by atoms with Crippen molar-refractivity contribution in [1.29, 1.82) is 0 Å². The molecule has 0 atom stereocenters. The number of benzene rings is 1. The first-order valence-corrected chi connectivity index (χ1v) is 5.50. The summed E-state index contributed by atoms with van der Waals surface area (Å²) in [6, 6.07) is 6.26. The lowest BCUT2D eigenvalue weighted by Crippen LogP contribution is -1.83. The van der Waals surface area contributed by atoms with Crippen molar-refractivity contribution in [2.75, 3.05) is 0 Å². The first kappa shape index (κ1) is 10.6. The summed E-state index contributed by atoms with van der Waals surface area (Å²) in [7, 11) is 0. The van der Waals surface area contributed by atoms with E-state index < -0.39 is 0 Å². The molecule has 0 saturated carbocycles. The van der Waals surface area contributed by atoms with E-state index in [0.717, 1.165) is 4.47 Å². The summed E-state index contributed by atoms with van der Waals surface area (Å²) in [5.74, 6) is 0.404. The second kappa shape index (κ2) is 4.33. The largest absolute Gasteiger partial charge is 0.359 e. The number of hydrogen-bond donors (Lipinski definition) is 0. The molecule has 2 aromatic rings. The molecule has 0 bridgehead atoms. The van der Waals surface area contributed by atoms with Crippen molar-refractivity contribution in [2.24, 2.45) is 0 Å². The normalized spacial score (nSPS) is 10.6. The minimum Gasteiger partial charge on any atom is -0.359 e. The van der Waals surface area contributed by atoms with Gasteiger partial charge in [-0.15, -0.1) is 11.6 Å². The Morgan fingerprint density at radius 2 is 2.20 bits per heavy atom. The Balaban J connectivity index is 2.48. The highest BCUT2D eigenvalue weighted by atomic mass is 79.9. The quantitative estimate of drug-likeness (QED) is 0.782. The zero-order chi connectivity index (χ0) is 10.8. The molecule has 2 nitrogen and oxygen atoms in total. The van der Waals surface area contributed by atoms with Crippen LogP contribution in [0.15, 0.2) is 33.3 Å². The Kier molecular flexibility index (Phi) is 3.07. The molecule has 0 aliphatic rings. The second-order valence-electron chi connectivity index (χ2n) is 2.94. The first-order valence-electron chi connectivity index (χ1n) is 4.17. The fraction of sp³-hybridized carbons (Fsp3) is 0.100. The monoisotopic (exact) mass is 289 g/mol. The lowest BCUT2D eigenvalue weighted by molar-refractivity contribution is 0.396. The molecule has 0 radical (unpaired) electrons. The lowest BCUT2D eigenvalue weighted by atomic mass is 10.1. The van der Waals surface area contributed by atoms with Gasteiger partial charge in [-0.05, 0) is 18.2 Å². The highest BCUT2D eigenvalue weighted by Gasteiger charge is 2.10. The van der Waals surface area contributed by atoms with Crippen LogP contribution in [0.5, 0.6) is 0 Å². The van der Waals surface area contributed by atoms with E-state index >= 15 is 0 Å². The molecule has 2 rings (SSSR count). The molecule has 78 valence electrons. The molecular weight excluding hydrogens is 284 g/mol. The van der Waals surface area contributed by atoms with Crippen molar-refractivity contribution in [3.8, 4) is 11.3 Å². The zero-order valence-corrected chi connectivity index (χ0v) is 9.85. The third-order valence-electron chi connectivity index (χ3n) is 1.90. The highest BCUT2D eigenvalue weighted by Crippen LogP contribution is 2.26.